The minimum Gasteiger partial charge on any atom is -0.206 e. The molecule has 1 aliphatic rings. The normalized spacial score (nSPS) is 16.0. The van der Waals surface area contributed by atoms with Crippen LogP contribution in [0.15, 0.2) is 30.3 Å². The van der Waals surface area contributed by atoms with Crippen molar-refractivity contribution >= 4 is 8.80 Å². The summed E-state index contributed by atoms with van der Waals surface area (Å²) in [6, 6.07) is 10.6. The van der Waals surface area contributed by atoms with Crippen molar-refractivity contribution in [2.45, 2.75) is 57.2 Å². The van der Waals surface area contributed by atoms with Gasteiger partial charge >= 0.3 is 0 Å². The molecule has 1 aliphatic heterocycles. The quantitative estimate of drug-likeness (QED) is 0.277. The Bertz CT molecular complexity index is 759. The molecule has 0 aromatic heterocycles. The summed E-state index contributed by atoms with van der Waals surface area (Å²) < 4.78 is 54.4. The number of benzene rings is 2. The zero-order valence-corrected chi connectivity index (χ0v) is 16.6. The first-order valence-corrected chi connectivity index (χ1v) is 11.9. The van der Waals surface area contributed by atoms with Crippen LogP contribution in [-0.4, -0.2) is 8.80 Å². The first-order chi connectivity index (χ1) is 13.0. The fourth-order valence-corrected chi connectivity index (χ4v) is 7.10. The Morgan fingerprint density at radius 3 is 2.19 bits per heavy atom. The Labute approximate surface area is 160 Å². The second-order valence-electron chi connectivity index (χ2n) is 7.55. The van der Waals surface area contributed by atoms with Crippen LogP contribution in [0, 0.1) is 29.2 Å². The largest absolute Gasteiger partial charge is 0.206 e. The van der Waals surface area contributed by atoms with Gasteiger partial charge in [0.25, 0.3) is 0 Å². The Hall–Kier alpha value is -1.62. The van der Waals surface area contributed by atoms with Gasteiger partial charge in [0.05, 0.1) is 0 Å². The van der Waals surface area contributed by atoms with E-state index >= 15 is 0 Å². The van der Waals surface area contributed by atoms with Crippen LogP contribution in [0.4, 0.5) is 17.6 Å². The third-order valence-corrected chi connectivity index (χ3v) is 8.78. The highest BCUT2D eigenvalue weighted by Gasteiger charge is 2.21. The zero-order valence-electron chi connectivity index (χ0n) is 15.6. The van der Waals surface area contributed by atoms with E-state index in [9.17, 15) is 17.6 Å². The molecule has 1 radical (unpaired) electrons. The molecule has 2 aromatic carbocycles. The molecule has 0 saturated carbocycles. The van der Waals surface area contributed by atoms with Gasteiger partial charge in [-0.05, 0) is 48.1 Å². The third-order valence-electron chi connectivity index (χ3n) is 5.59. The molecule has 27 heavy (non-hydrogen) atoms. The Kier molecular flexibility index (Phi) is 6.74. The maximum atomic E-state index is 14.5. The maximum absolute atomic E-state index is 14.5. The van der Waals surface area contributed by atoms with E-state index in [1.165, 1.54) is 49.5 Å². The molecular formula is C22H25F4Si. The molecule has 1 saturated heterocycles. The van der Waals surface area contributed by atoms with Crippen LogP contribution in [0.2, 0.25) is 18.1 Å². The molecule has 0 bridgehead atoms. The second-order valence-corrected chi connectivity index (χ2v) is 10.6. The predicted molar refractivity (Wildman–Crippen MR) is 103 cm³/mol. The number of hydrogen-bond donors (Lipinski definition) is 0. The van der Waals surface area contributed by atoms with Crippen molar-refractivity contribution in [1.29, 1.82) is 0 Å². The van der Waals surface area contributed by atoms with E-state index < -0.39 is 23.3 Å². The van der Waals surface area contributed by atoms with Gasteiger partial charge in [-0.25, -0.2) is 17.6 Å². The van der Waals surface area contributed by atoms with Gasteiger partial charge in [0.15, 0.2) is 17.5 Å². The van der Waals surface area contributed by atoms with Crippen molar-refractivity contribution in [3.63, 3.8) is 0 Å². The monoisotopic (exact) mass is 393 g/mol. The lowest BCUT2D eigenvalue weighted by Gasteiger charge is -2.27. The van der Waals surface area contributed by atoms with E-state index in [1.807, 2.05) is 0 Å². The summed E-state index contributed by atoms with van der Waals surface area (Å²) in [5.41, 5.74) is 0.985. The highest BCUT2D eigenvalue weighted by atomic mass is 28.3. The molecular weight excluding hydrogens is 368 g/mol. The molecule has 0 N–H and O–H groups in total. The van der Waals surface area contributed by atoms with Crippen molar-refractivity contribution in [3.8, 4) is 11.1 Å². The Morgan fingerprint density at radius 2 is 1.59 bits per heavy atom. The molecule has 5 heteroatoms. The fourth-order valence-electron chi connectivity index (χ4n) is 4.01. The van der Waals surface area contributed by atoms with Crippen molar-refractivity contribution in [2.24, 2.45) is 5.92 Å². The van der Waals surface area contributed by atoms with Gasteiger partial charge in [0, 0.05) is 14.4 Å². The van der Waals surface area contributed by atoms with Gasteiger partial charge in [0.2, 0.25) is 0 Å². The van der Waals surface area contributed by atoms with Gasteiger partial charge in [-0.3, -0.25) is 0 Å². The van der Waals surface area contributed by atoms with E-state index in [4.69, 9.17) is 0 Å². The van der Waals surface area contributed by atoms with Crippen molar-refractivity contribution in [3.05, 3.63) is 59.2 Å². The first-order valence-electron chi connectivity index (χ1n) is 9.74. The van der Waals surface area contributed by atoms with Crippen LogP contribution in [0.3, 0.4) is 0 Å². The third kappa shape index (κ3) is 5.01. The van der Waals surface area contributed by atoms with Gasteiger partial charge in [0.1, 0.15) is 5.82 Å². The molecule has 0 unspecified atom stereocenters. The van der Waals surface area contributed by atoms with E-state index in [2.05, 4.69) is 6.92 Å². The molecule has 145 valence electrons. The molecule has 0 aliphatic carbocycles. The Balaban J connectivity index is 1.62. The van der Waals surface area contributed by atoms with Gasteiger partial charge in [-0.15, -0.1) is 0 Å². The summed E-state index contributed by atoms with van der Waals surface area (Å²) in [4.78, 5) is 0. The van der Waals surface area contributed by atoms with Crippen molar-refractivity contribution in [1.82, 2.24) is 0 Å². The summed E-state index contributed by atoms with van der Waals surface area (Å²) in [7, 11) is -0.114. The minimum absolute atomic E-state index is 0.00772. The van der Waals surface area contributed by atoms with E-state index in [0.717, 1.165) is 36.5 Å². The van der Waals surface area contributed by atoms with Crippen LogP contribution in [-0.2, 0) is 6.42 Å². The molecule has 1 heterocycles. The lowest BCUT2D eigenvalue weighted by atomic mass is 9.93. The van der Waals surface area contributed by atoms with Crippen LogP contribution in [0.1, 0.15) is 38.2 Å². The molecule has 0 nitrogen and oxygen atoms in total. The molecule has 0 spiro atoms. The average molecular weight is 394 g/mol. The lowest BCUT2D eigenvalue weighted by molar-refractivity contribution is 0.437. The smallest absolute Gasteiger partial charge is 0.194 e. The highest BCUT2D eigenvalue weighted by Crippen LogP contribution is 2.32. The van der Waals surface area contributed by atoms with Crippen LogP contribution < -0.4 is 0 Å². The van der Waals surface area contributed by atoms with Crippen LogP contribution >= 0.6 is 0 Å². The summed E-state index contributed by atoms with van der Waals surface area (Å²) in [5.74, 6) is -3.97. The number of aryl methyl sites for hydroxylation is 1. The van der Waals surface area contributed by atoms with E-state index in [1.54, 1.807) is 6.07 Å². The van der Waals surface area contributed by atoms with Crippen molar-refractivity contribution in [2.75, 3.05) is 0 Å². The van der Waals surface area contributed by atoms with Gasteiger partial charge in [-0.2, -0.15) is 0 Å². The average Bonchev–Trinajstić information content (AvgIpc) is 2.65. The summed E-state index contributed by atoms with van der Waals surface area (Å²) in [6.07, 6.45) is 5.75. The summed E-state index contributed by atoms with van der Waals surface area (Å²) >= 11 is 0. The first kappa shape index (κ1) is 20.1. The Morgan fingerprint density at radius 1 is 0.926 bits per heavy atom. The topological polar surface area (TPSA) is 0 Å². The summed E-state index contributed by atoms with van der Waals surface area (Å²) in [6.45, 7) is 2.26. The molecule has 0 amide bonds. The predicted octanol–water partition coefficient (Wildman–Crippen LogP) is 7.16. The minimum atomic E-state index is -1.54. The van der Waals surface area contributed by atoms with Gasteiger partial charge < -0.3 is 0 Å². The molecule has 0 atom stereocenters. The SMILES string of the molecule is CCC[Si]1CCC(CCc2ccc(-c3cc(F)c(F)c(F)c3)c(F)c2)CC1. The lowest BCUT2D eigenvalue weighted by Crippen LogP contribution is -2.21. The highest BCUT2D eigenvalue weighted by molar-refractivity contribution is 6.58. The standard InChI is InChI=1S/C22H25F4Si/c1-2-9-27-10-7-15(8-11-27)3-4-16-5-6-18(19(23)12-16)17-13-20(24)22(26)21(25)14-17/h5-6,12-15H,2-4,7-11H2,1H3. The van der Waals surface area contributed by atoms with Crippen LogP contribution in [0.5, 0.6) is 0 Å². The van der Waals surface area contributed by atoms with Crippen molar-refractivity contribution < 1.29 is 17.6 Å². The number of hydrogen-bond acceptors (Lipinski definition) is 0. The van der Waals surface area contributed by atoms with Crippen LogP contribution in [0.25, 0.3) is 11.1 Å². The molecule has 1 fully saturated rings. The molecule has 2 aromatic rings. The summed E-state index contributed by atoms with van der Waals surface area (Å²) in [5, 5.41) is 0. The van der Waals surface area contributed by atoms with E-state index in [0.29, 0.717) is 0 Å². The zero-order chi connectivity index (χ0) is 19.4. The van der Waals surface area contributed by atoms with Gasteiger partial charge in [-0.1, -0.05) is 56.5 Å². The molecule has 3 rings (SSSR count). The van der Waals surface area contributed by atoms with E-state index in [-0.39, 0.29) is 19.9 Å². The second kappa shape index (κ2) is 9.05. The number of rotatable bonds is 6. The maximum Gasteiger partial charge on any atom is 0.194 e. The fraction of sp³-hybridized carbons (Fsp3) is 0.455. The number of halogens is 4.